The fourth-order valence-corrected chi connectivity index (χ4v) is 2.43. The average molecular weight is 263 g/mol. The predicted octanol–water partition coefficient (Wildman–Crippen LogP) is 1.82. The van der Waals surface area contributed by atoms with Crippen molar-refractivity contribution in [3.63, 3.8) is 0 Å². The number of amides is 1. The van der Waals surface area contributed by atoms with Crippen molar-refractivity contribution in [3.8, 4) is 0 Å². The molecule has 1 heterocycles. The number of nitrogens with one attached hydrogen (secondary N) is 3. The van der Waals surface area contributed by atoms with E-state index in [1.54, 1.807) is 11.9 Å². The fourth-order valence-electron chi connectivity index (χ4n) is 1.94. The standard InChI is InChI=1S/C13H17N3OS/c1-14-18-8-10-2-3-13-12(6-10)11(7-16-13)4-5-15-9-17/h2-3,6-7,9,14,16H,4-5,8H2,1H3,(H,15,17). The Bertz CT molecular complexity index is 524. The molecule has 0 radical (unpaired) electrons. The third kappa shape index (κ3) is 3.05. The molecule has 0 saturated carbocycles. The number of rotatable bonds is 7. The van der Waals surface area contributed by atoms with Crippen molar-refractivity contribution in [2.75, 3.05) is 13.6 Å². The summed E-state index contributed by atoms with van der Waals surface area (Å²) in [5.41, 5.74) is 3.69. The summed E-state index contributed by atoms with van der Waals surface area (Å²) < 4.78 is 3.07. The molecule has 0 saturated heterocycles. The van der Waals surface area contributed by atoms with Gasteiger partial charge in [-0.15, -0.1) is 0 Å². The van der Waals surface area contributed by atoms with Crippen LogP contribution in [0.3, 0.4) is 0 Å². The van der Waals surface area contributed by atoms with E-state index in [0.717, 1.165) is 24.1 Å². The maximum absolute atomic E-state index is 10.2. The van der Waals surface area contributed by atoms with Crippen molar-refractivity contribution < 1.29 is 4.79 Å². The summed E-state index contributed by atoms with van der Waals surface area (Å²) in [6, 6.07) is 6.46. The van der Waals surface area contributed by atoms with Gasteiger partial charge in [0.25, 0.3) is 0 Å². The Kier molecular flexibility index (Phi) is 4.66. The number of hydrogen-bond donors (Lipinski definition) is 3. The van der Waals surface area contributed by atoms with Crippen LogP contribution in [0.1, 0.15) is 11.1 Å². The van der Waals surface area contributed by atoms with Gasteiger partial charge in [-0.25, -0.2) is 0 Å². The third-order valence-corrected chi connectivity index (χ3v) is 3.60. The van der Waals surface area contributed by atoms with Crippen LogP contribution in [0.2, 0.25) is 0 Å². The molecule has 0 atom stereocenters. The van der Waals surface area contributed by atoms with Crippen LogP contribution >= 0.6 is 11.9 Å². The highest BCUT2D eigenvalue weighted by atomic mass is 32.2. The molecule has 0 aliphatic heterocycles. The normalized spacial score (nSPS) is 10.7. The second kappa shape index (κ2) is 6.47. The van der Waals surface area contributed by atoms with Crippen molar-refractivity contribution >= 4 is 29.3 Å². The van der Waals surface area contributed by atoms with Crippen LogP contribution in [0, 0.1) is 0 Å². The Labute approximate surface area is 111 Å². The third-order valence-electron chi connectivity index (χ3n) is 2.84. The summed E-state index contributed by atoms with van der Waals surface area (Å²) in [6.45, 7) is 0.673. The number of benzene rings is 1. The van der Waals surface area contributed by atoms with Gasteiger partial charge in [0, 0.05) is 29.4 Å². The lowest BCUT2D eigenvalue weighted by molar-refractivity contribution is -0.109. The second-order valence-electron chi connectivity index (χ2n) is 4.01. The molecular formula is C13H17N3OS. The minimum atomic E-state index is 0.673. The van der Waals surface area contributed by atoms with E-state index in [4.69, 9.17) is 0 Å². The highest BCUT2D eigenvalue weighted by Crippen LogP contribution is 2.21. The van der Waals surface area contributed by atoms with E-state index in [1.807, 2.05) is 13.2 Å². The van der Waals surface area contributed by atoms with Gasteiger partial charge < -0.3 is 10.3 Å². The zero-order valence-corrected chi connectivity index (χ0v) is 11.1. The average Bonchev–Trinajstić information content (AvgIpc) is 2.79. The van der Waals surface area contributed by atoms with Gasteiger partial charge in [0.05, 0.1) is 0 Å². The van der Waals surface area contributed by atoms with Crippen molar-refractivity contribution in [2.24, 2.45) is 0 Å². The van der Waals surface area contributed by atoms with Gasteiger partial charge in [0.2, 0.25) is 6.41 Å². The number of fused-ring (bicyclic) bond motifs is 1. The largest absolute Gasteiger partial charge is 0.361 e. The van der Waals surface area contributed by atoms with Crippen molar-refractivity contribution in [2.45, 2.75) is 12.2 Å². The summed E-state index contributed by atoms with van der Waals surface area (Å²) in [5, 5.41) is 3.94. The maximum atomic E-state index is 10.2. The molecule has 0 aliphatic carbocycles. The number of carbonyl (C=O) groups is 1. The van der Waals surface area contributed by atoms with Gasteiger partial charge in [0.1, 0.15) is 0 Å². The van der Waals surface area contributed by atoms with Gasteiger partial charge >= 0.3 is 0 Å². The first kappa shape index (κ1) is 13.0. The topological polar surface area (TPSA) is 56.9 Å². The molecule has 0 bridgehead atoms. The van der Waals surface area contributed by atoms with E-state index in [-0.39, 0.29) is 0 Å². The number of aromatic nitrogens is 1. The number of hydrogen-bond acceptors (Lipinski definition) is 3. The summed E-state index contributed by atoms with van der Waals surface area (Å²) in [5.74, 6) is 0.948. The van der Waals surface area contributed by atoms with Crippen LogP contribution in [0.25, 0.3) is 10.9 Å². The zero-order chi connectivity index (χ0) is 12.8. The summed E-state index contributed by atoms with van der Waals surface area (Å²) in [6.07, 6.45) is 3.61. The first-order chi connectivity index (χ1) is 8.85. The lowest BCUT2D eigenvalue weighted by Gasteiger charge is -2.02. The summed E-state index contributed by atoms with van der Waals surface area (Å²) in [4.78, 5) is 13.5. The molecular weight excluding hydrogens is 246 g/mol. The Hall–Kier alpha value is -1.46. The molecule has 0 fully saturated rings. The van der Waals surface area contributed by atoms with E-state index in [0.29, 0.717) is 6.54 Å². The smallest absolute Gasteiger partial charge is 0.207 e. The Morgan fingerprint density at radius 1 is 1.44 bits per heavy atom. The molecule has 1 aromatic heterocycles. The highest BCUT2D eigenvalue weighted by molar-refractivity contribution is 7.96. The van der Waals surface area contributed by atoms with Crippen LogP contribution in [-0.2, 0) is 17.0 Å². The van der Waals surface area contributed by atoms with Gasteiger partial charge in [-0.3, -0.25) is 9.52 Å². The zero-order valence-electron chi connectivity index (χ0n) is 10.3. The van der Waals surface area contributed by atoms with Crippen molar-refractivity contribution in [3.05, 3.63) is 35.5 Å². The molecule has 1 amide bonds. The quantitative estimate of drug-likeness (QED) is 0.406. The Morgan fingerprint density at radius 3 is 3.11 bits per heavy atom. The van der Waals surface area contributed by atoms with Crippen molar-refractivity contribution in [1.82, 2.24) is 15.0 Å². The van der Waals surface area contributed by atoms with Crippen LogP contribution in [0.4, 0.5) is 0 Å². The van der Waals surface area contributed by atoms with Gasteiger partial charge in [0.15, 0.2) is 0 Å². The van der Waals surface area contributed by atoms with Gasteiger partial charge in [-0.05, 0) is 36.7 Å². The lowest BCUT2D eigenvalue weighted by atomic mass is 10.1. The van der Waals surface area contributed by atoms with E-state index < -0.39 is 0 Å². The molecule has 2 aromatic rings. The molecule has 0 spiro atoms. The minimum absolute atomic E-state index is 0.673. The molecule has 0 aliphatic rings. The first-order valence-electron chi connectivity index (χ1n) is 5.89. The SMILES string of the molecule is CNSCc1ccc2[nH]cc(CCNC=O)c2c1. The summed E-state index contributed by atoms with van der Waals surface area (Å²) >= 11 is 1.68. The van der Waals surface area contributed by atoms with Gasteiger partial charge in [-0.1, -0.05) is 18.0 Å². The molecule has 4 nitrogen and oxygen atoms in total. The van der Waals surface area contributed by atoms with Crippen LogP contribution in [0.15, 0.2) is 24.4 Å². The molecule has 96 valence electrons. The lowest BCUT2D eigenvalue weighted by Crippen LogP contribution is -2.14. The minimum Gasteiger partial charge on any atom is -0.361 e. The molecule has 18 heavy (non-hydrogen) atoms. The van der Waals surface area contributed by atoms with E-state index in [1.165, 1.54) is 16.5 Å². The molecule has 2 rings (SSSR count). The van der Waals surface area contributed by atoms with E-state index in [9.17, 15) is 4.79 Å². The number of H-pyrrole nitrogens is 1. The van der Waals surface area contributed by atoms with Crippen LogP contribution in [-0.4, -0.2) is 25.0 Å². The fraction of sp³-hybridized carbons (Fsp3) is 0.308. The summed E-state index contributed by atoms with van der Waals surface area (Å²) in [7, 11) is 1.93. The highest BCUT2D eigenvalue weighted by Gasteiger charge is 2.04. The number of aromatic amines is 1. The van der Waals surface area contributed by atoms with Gasteiger partial charge in [-0.2, -0.15) is 0 Å². The maximum Gasteiger partial charge on any atom is 0.207 e. The first-order valence-corrected chi connectivity index (χ1v) is 6.88. The van der Waals surface area contributed by atoms with Crippen LogP contribution in [0.5, 0.6) is 0 Å². The molecule has 1 aromatic carbocycles. The Balaban J connectivity index is 2.17. The van der Waals surface area contributed by atoms with E-state index in [2.05, 4.69) is 33.2 Å². The monoisotopic (exact) mass is 263 g/mol. The van der Waals surface area contributed by atoms with Crippen molar-refractivity contribution in [1.29, 1.82) is 0 Å². The predicted molar refractivity (Wildman–Crippen MR) is 76.4 cm³/mol. The second-order valence-corrected chi connectivity index (χ2v) is 4.99. The Morgan fingerprint density at radius 2 is 2.33 bits per heavy atom. The molecule has 3 N–H and O–H groups in total. The van der Waals surface area contributed by atoms with Crippen LogP contribution < -0.4 is 10.0 Å². The van der Waals surface area contributed by atoms with E-state index >= 15 is 0 Å². The molecule has 5 heteroatoms. The molecule has 0 unspecified atom stereocenters. The number of carbonyl (C=O) groups excluding carboxylic acids is 1.